The Kier molecular flexibility index (Phi) is 6.48. The van der Waals surface area contributed by atoms with Crippen molar-refractivity contribution < 1.29 is 9.53 Å². The molecule has 160 valence electrons. The summed E-state index contributed by atoms with van der Waals surface area (Å²) in [5.74, 6) is 0.751. The van der Waals surface area contributed by atoms with Gasteiger partial charge in [-0.3, -0.25) is 4.79 Å². The van der Waals surface area contributed by atoms with Gasteiger partial charge in [0.1, 0.15) is 5.82 Å². The molecule has 0 saturated carbocycles. The van der Waals surface area contributed by atoms with E-state index in [2.05, 4.69) is 40.7 Å². The van der Waals surface area contributed by atoms with Crippen LogP contribution in [-0.2, 0) is 16.0 Å². The first-order valence-corrected chi connectivity index (χ1v) is 11.4. The number of imidazole rings is 1. The van der Waals surface area contributed by atoms with Crippen molar-refractivity contribution in [1.82, 2.24) is 9.55 Å². The summed E-state index contributed by atoms with van der Waals surface area (Å²) in [7, 11) is 0. The molecular weight excluding hydrogens is 418 g/mol. The Balaban J connectivity index is 1.71. The molecule has 2 aromatic carbocycles. The van der Waals surface area contributed by atoms with Crippen LogP contribution in [0.4, 0.5) is 0 Å². The second kappa shape index (κ2) is 9.63. The molecule has 4 aromatic rings. The maximum Gasteiger partial charge on any atom is 0.306 e. The molecule has 0 aliphatic carbocycles. The van der Waals surface area contributed by atoms with Crippen molar-refractivity contribution in [3.05, 3.63) is 82.6 Å². The van der Waals surface area contributed by atoms with Gasteiger partial charge in [-0.2, -0.15) is 5.26 Å². The van der Waals surface area contributed by atoms with Crippen LogP contribution in [-0.4, -0.2) is 22.1 Å². The minimum Gasteiger partial charge on any atom is -0.466 e. The van der Waals surface area contributed by atoms with E-state index >= 15 is 0 Å². The second-order valence-electron chi connectivity index (χ2n) is 7.33. The fourth-order valence-electron chi connectivity index (χ4n) is 3.72. The number of esters is 1. The first-order chi connectivity index (χ1) is 15.6. The monoisotopic (exact) mass is 441 g/mol. The largest absolute Gasteiger partial charge is 0.466 e. The standard InChI is InChI=1S/C26H23N3O2S/c1-3-31-25(30)13-12-24-26(21-6-4-19(16-27)5-7-21)23(17-32-24)20-8-10-22(11-9-20)29-15-14-28-18(29)2/h4-11,14-15,17H,3,12-13H2,1-2H3. The van der Waals surface area contributed by atoms with Gasteiger partial charge in [-0.05, 0) is 61.0 Å². The Morgan fingerprint density at radius 2 is 1.84 bits per heavy atom. The highest BCUT2D eigenvalue weighted by atomic mass is 32.1. The lowest BCUT2D eigenvalue weighted by Gasteiger charge is -2.11. The lowest BCUT2D eigenvalue weighted by Crippen LogP contribution is -2.05. The zero-order valence-corrected chi connectivity index (χ0v) is 18.9. The second-order valence-corrected chi connectivity index (χ2v) is 8.30. The van der Waals surface area contributed by atoms with E-state index < -0.39 is 0 Å². The summed E-state index contributed by atoms with van der Waals surface area (Å²) in [5.41, 5.74) is 6.04. The highest BCUT2D eigenvalue weighted by Crippen LogP contribution is 2.40. The number of thiophene rings is 1. The number of nitriles is 1. The molecule has 32 heavy (non-hydrogen) atoms. The topological polar surface area (TPSA) is 67.9 Å². The highest BCUT2D eigenvalue weighted by molar-refractivity contribution is 7.11. The molecule has 0 saturated heterocycles. The number of aromatic nitrogens is 2. The summed E-state index contributed by atoms with van der Waals surface area (Å²) in [4.78, 5) is 17.4. The van der Waals surface area contributed by atoms with Gasteiger partial charge in [-0.25, -0.2) is 4.98 Å². The number of aryl methyl sites for hydroxylation is 2. The van der Waals surface area contributed by atoms with E-state index in [1.165, 1.54) is 0 Å². The number of benzene rings is 2. The third-order valence-electron chi connectivity index (χ3n) is 5.31. The fraction of sp³-hybridized carbons (Fsp3) is 0.192. The predicted octanol–water partition coefficient (Wildman–Crippen LogP) is 5.94. The van der Waals surface area contributed by atoms with E-state index in [1.807, 2.05) is 48.9 Å². The van der Waals surface area contributed by atoms with E-state index in [1.54, 1.807) is 17.5 Å². The Bertz CT molecular complexity index is 1260. The van der Waals surface area contributed by atoms with Gasteiger partial charge in [0, 0.05) is 34.1 Å². The minimum atomic E-state index is -0.187. The van der Waals surface area contributed by atoms with Crippen molar-refractivity contribution in [1.29, 1.82) is 5.26 Å². The van der Waals surface area contributed by atoms with Gasteiger partial charge in [-0.1, -0.05) is 24.3 Å². The lowest BCUT2D eigenvalue weighted by atomic mass is 9.95. The van der Waals surface area contributed by atoms with E-state index in [9.17, 15) is 4.79 Å². The van der Waals surface area contributed by atoms with Gasteiger partial charge in [0.25, 0.3) is 0 Å². The summed E-state index contributed by atoms with van der Waals surface area (Å²) in [5, 5.41) is 11.3. The Hall–Kier alpha value is -3.69. The molecule has 0 bridgehead atoms. The SMILES string of the molecule is CCOC(=O)CCc1scc(-c2ccc(-n3ccnc3C)cc2)c1-c1ccc(C#N)cc1. The van der Waals surface area contributed by atoms with Crippen LogP contribution in [0.25, 0.3) is 27.9 Å². The number of hydrogen-bond donors (Lipinski definition) is 0. The maximum atomic E-state index is 11.9. The van der Waals surface area contributed by atoms with Crippen LogP contribution in [0.5, 0.6) is 0 Å². The van der Waals surface area contributed by atoms with Gasteiger partial charge in [0.05, 0.1) is 24.7 Å². The molecular formula is C26H23N3O2S. The van der Waals surface area contributed by atoms with Crippen LogP contribution in [0, 0.1) is 18.3 Å². The molecule has 0 N–H and O–H groups in total. The quantitative estimate of drug-likeness (QED) is 0.333. The van der Waals surface area contributed by atoms with Gasteiger partial charge in [0.2, 0.25) is 0 Å². The van der Waals surface area contributed by atoms with Crippen LogP contribution < -0.4 is 0 Å². The number of carbonyl (C=O) groups is 1. The number of ether oxygens (including phenoxy) is 1. The Labute approximate surface area is 191 Å². The number of rotatable bonds is 7. The summed E-state index contributed by atoms with van der Waals surface area (Å²) >= 11 is 1.65. The first-order valence-electron chi connectivity index (χ1n) is 10.5. The molecule has 0 spiro atoms. The predicted molar refractivity (Wildman–Crippen MR) is 127 cm³/mol. The van der Waals surface area contributed by atoms with Crippen LogP contribution in [0.15, 0.2) is 66.3 Å². The highest BCUT2D eigenvalue weighted by Gasteiger charge is 2.17. The Morgan fingerprint density at radius 1 is 1.12 bits per heavy atom. The first kappa shape index (κ1) is 21.5. The van der Waals surface area contributed by atoms with E-state index in [0.29, 0.717) is 25.0 Å². The molecule has 0 unspecified atom stereocenters. The third-order valence-corrected chi connectivity index (χ3v) is 6.36. The molecule has 2 aromatic heterocycles. The van der Waals surface area contributed by atoms with E-state index in [-0.39, 0.29) is 5.97 Å². The van der Waals surface area contributed by atoms with Crippen molar-refractivity contribution in [2.45, 2.75) is 26.7 Å². The molecule has 0 radical (unpaired) electrons. The van der Waals surface area contributed by atoms with Crippen LogP contribution in [0.1, 0.15) is 29.6 Å². The molecule has 0 atom stereocenters. The maximum absolute atomic E-state index is 11.9. The summed E-state index contributed by atoms with van der Waals surface area (Å²) in [6.45, 7) is 4.18. The molecule has 4 rings (SSSR count). The normalized spacial score (nSPS) is 10.7. The van der Waals surface area contributed by atoms with Crippen molar-refractivity contribution in [2.24, 2.45) is 0 Å². The summed E-state index contributed by atoms with van der Waals surface area (Å²) in [6, 6.07) is 18.2. The summed E-state index contributed by atoms with van der Waals surface area (Å²) in [6.07, 6.45) is 4.70. The molecule has 0 amide bonds. The molecule has 0 aliphatic heterocycles. The fourth-order valence-corrected chi connectivity index (χ4v) is 4.80. The average Bonchev–Trinajstić information content (AvgIpc) is 3.44. The van der Waals surface area contributed by atoms with E-state index in [0.717, 1.165) is 38.6 Å². The zero-order valence-electron chi connectivity index (χ0n) is 18.0. The van der Waals surface area contributed by atoms with Crippen molar-refractivity contribution in [3.8, 4) is 34.0 Å². The number of hydrogen-bond acceptors (Lipinski definition) is 5. The molecule has 6 heteroatoms. The van der Waals surface area contributed by atoms with Gasteiger partial charge >= 0.3 is 5.97 Å². The minimum absolute atomic E-state index is 0.187. The molecule has 2 heterocycles. The van der Waals surface area contributed by atoms with Crippen LogP contribution >= 0.6 is 11.3 Å². The smallest absolute Gasteiger partial charge is 0.306 e. The molecule has 5 nitrogen and oxygen atoms in total. The van der Waals surface area contributed by atoms with Crippen LogP contribution in [0.2, 0.25) is 0 Å². The van der Waals surface area contributed by atoms with Crippen molar-refractivity contribution in [3.63, 3.8) is 0 Å². The van der Waals surface area contributed by atoms with E-state index in [4.69, 9.17) is 10.00 Å². The Morgan fingerprint density at radius 3 is 2.47 bits per heavy atom. The number of carbonyl (C=O) groups excluding carboxylic acids is 1. The molecule has 0 aliphatic rings. The van der Waals surface area contributed by atoms with Gasteiger partial charge in [0.15, 0.2) is 0 Å². The third kappa shape index (κ3) is 4.48. The molecule has 0 fully saturated rings. The van der Waals surface area contributed by atoms with Crippen LogP contribution in [0.3, 0.4) is 0 Å². The van der Waals surface area contributed by atoms with Crippen molar-refractivity contribution >= 4 is 17.3 Å². The lowest BCUT2D eigenvalue weighted by molar-refractivity contribution is -0.143. The summed E-state index contributed by atoms with van der Waals surface area (Å²) < 4.78 is 7.16. The average molecular weight is 442 g/mol. The van der Waals surface area contributed by atoms with Crippen molar-refractivity contribution in [2.75, 3.05) is 6.61 Å². The zero-order chi connectivity index (χ0) is 22.5. The number of nitrogens with zero attached hydrogens (tertiary/aromatic N) is 3. The van der Waals surface area contributed by atoms with Gasteiger partial charge < -0.3 is 9.30 Å². The van der Waals surface area contributed by atoms with Gasteiger partial charge in [-0.15, -0.1) is 11.3 Å².